The molecule has 0 aliphatic rings. The van der Waals surface area contributed by atoms with Crippen LogP contribution in [-0.4, -0.2) is 14.8 Å². The third-order valence-electron chi connectivity index (χ3n) is 2.20. The van der Waals surface area contributed by atoms with Gasteiger partial charge in [-0.05, 0) is 23.9 Å². The lowest BCUT2D eigenvalue weighted by atomic mass is 10.3. The summed E-state index contributed by atoms with van der Waals surface area (Å²) >= 11 is 6.53. The zero-order valence-corrected chi connectivity index (χ0v) is 11.2. The monoisotopic (exact) mass is 302 g/mol. The van der Waals surface area contributed by atoms with Crippen molar-refractivity contribution in [1.29, 1.82) is 0 Å². The first-order valence-electron chi connectivity index (χ1n) is 4.98. The van der Waals surface area contributed by atoms with E-state index < -0.39 is 16.9 Å². The highest BCUT2D eigenvalue weighted by atomic mass is 35.5. The van der Waals surface area contributed by atoms with E-state index in [0.717, 1.165) is 17.8 Å². The van der Waals surface area contributed by atoms with E-state index in [1.807, 2.05) is 0 Å². The number of hydrogen-bond donors (Lipinski definition) is 2. The molecule has 0 fully saturated rings. The van der Waals surface area contributed by atoms with Crippen LogP contribution >= 0.6 is 23.4 Å². The summed E-state index contributed by atoms with van der Waals surface area (Å²) in [4.78, 5) is 26.1. The van der Waals surface area contributed by atoms with E-state index in [1.165, 1.54) is 17.8 Å². The van der Waals surface area contributed by atoms with Crippen LogP contribution in [0.3, 0.4) is 0 Å². The third kappa shape index (κ3) is 2.79. The first kappa shape index (κ1) is 13.6. The lowest BCUT2D eigenvalue weighted by molar-refractivity contribution is 0.596. The van der Waals surface area contributed by atoms with Crippen molar-refractivity contribution in [2.24, 2.45) is 7.05 Å². The van der Waals surface area contributed by atoms with Gasteiger partial charge in [-0.25, -0.2) is 4.39 Å². The summed E-state index contributed by atoms with van der Waals surface area (Å²) in [5.74, 6) is -0.632. The highest BCUT2D eigenvalue weighted by molar-refractivity contribution is 7.99. The number of nitrogen functional groups attached to an aromatic ring is 1. The Balaban J connectivity index is 2.47. The number of nitrogens with one attached hydrogen (secondary N) is 1. The Morgan fingerprint density at radius 2 is 2.16 bits per heavy atom. The molecule has 9 heteroatoms. The predicted octanol–water partition coefficient (Wildman–Crippen LogP) is 0.994. The van der Waals surface area contributed by atoms with Gasteiger partial charge in [-0.1, -0.05) is 11.6 Å². The zero-order valence-electron chi connectivity index (χ0n) is 9.61. The van der Waals surface area contributed by atoms with Crippen molar-refractivity contribution in [3.05, 3.63) is 43.7 Å². The quantitative estimate of drug-likeness (QED) is 0.637. The Morgan fingerprint density at radius 3 is 2.84 bits per heavy atom. The SMILES string of the molecule is Cn1[nH]c(=O)c(=O)nc1Sc1cc(F)c(Cl)cc1N. The fourth-order valence-electron chi connectivity index (χ4n) is 1.28. The van der Waals surface area contributed by atoms with Gasteiger partial charge in [0.2, 0.25) is 0 Å². The van der Waals surface area contributed by atoms with Crippen LogP contribution in [0.1, 0.15) is 0 Å². The van der Waals surface area contributed by atoms with Crippen LogP contribution in [-0.2, 0) is 7.05 Å². The van der Waals surface area contributed by atoms with Crippen molar-refractivity contribution < 1.29 is 4.39 Å². The highest BCUT2D eigenvalue weighted by Crippen LogP contribution is 2.33. The molecule has 0 atom stereocenters. The van der Waals surface area contributed by atoms with Gasteiger partial charge in [0.05, 0.1) is 5.02 Å². The standard InChI is InChI=1S/C10H8ClFN4O2S/c1-16-10(14-8(17)9(18)15-16)19-7-3-5(12)4(11)2-6(7)13/h2-3H,13H2,1H3,(H,15,18). The molecular weight excluding hydrogens is 295 g/mol. The van der Waals surface area contributed by atoms with E-state index in [-0.39, 0.29) is 15.9 Å². The highest BCUT2D eigenvalue weighted by Gasteiger charge is 2.11. The summed E-state index contributed by atoms with van der Waals surface area (Å²) in [6.07, 6.45) is 0. The predicted molar refractivity (Wildman–Crippen MR) is 70.0 cm³/mol. The number of nitrogens with zero attached hydrogens (tertiary/aromatic N) is 2. The van der Waals surface area contributed by atoms with Crippen LogP contribution in [0.25, 0.3) is 0 Å². The molecule has 100 valence electrons. The molecule has 0 saturated carbocycles. The molecule has 0 aliphatic heterocycles. The van der Waals surface area contributed by atoms with Gasteiger partial charge in [-0.15, -0.1) is 0 Å². The summed E-state index contributed by atoms with van der Waals surface area (Å²) < 4.78 is 14.6. The Kier molecular flexibility index (Phi) is 3.63. The zero-order chi connectivity index (χ0) is 14.2. The maximum atomic E-state index is 13.4. The van der Waals surface area contributed by atoms with Gasteiger partial charge in [-0.3, -0.25) is 19.4 Å². The minimum absolute atomic E-state index is 0.0924. The number of aryl methyl sites for hydroxylation is 1. The molecule has 0 aliphatic carbocycles. The van der Waals surface area contributed by atoms with E-state index in [9.17, 15) is 14.0 Å². The summed E-state index contributed by atoms with van der Waals surface area (Å²) in [6, 6.07) is 2.41. The topological polar surface area (TPSA) is 93.8 Å². The lowest BCUT2D eigenvalue weighted by Gasteiger charge is -2.08. The van der Waals surface area contributed by atoms with E-state index in [1.54, 1.807) is 0 Å². The normalized spacial score (nSPS) is 10.7. The van der Waals surface area contributed by atoms with Gasteiger partial charge in [0.25, 0.3) is 0 Å². The lowest BCUT2D eigenvalue weighted by Crippen LogP contribution is -2.33. The van der Waals surface area contributed by atoms with Gasteiger partial charge < -0.3 is 5.73 Å². The second kappa shape index (κ2) is 5.06. The number of halogens is 2. The van der Waals surface area contributed by atoms with Gasteiger partial charge in [0, 0.05) is 17.6 Å². The number of rotatable bonds is 2. The number of hydrogen-bond acceptors (Lipinski definition) is 5. The first-order valence-corrected chi connectivity index (χ1v) is 6.17. The third-order valence-corrected chi connectivity index (χ3v) is 3.61. The number of benzene rings is 1. The number of aromatic nitrogens is 3. The molecule has 0 bridgehead atoms. The van der Waals surface area contributed by atoms with Gasteiger partial charge in [0.15, 0.2) is 5.16 Å². The average molecular weight is 303 g/mol. The second-order valence-electron chi connectivity index (χ2n) is 3.61. The summed E-state index contributed by atoms with van der Waals surface area (Å²) in [6.45, 7) is 0. The number of H-pyrrole nitrogens is 1. The van der Waals surface area contributed by atoms with Crippen molar-refractivity contribution in [3.63, 3.8) is 0 Å². The smallest absolute Gasteiger partial charge is 0.339 e. The Hall–Kier alpha value is -1.80. The molecule has 3 N–H and O–H groups in total. The molecule has 0 unspecified atom stereocenters. The average Bonchev–Trinajstić information content (AvgIpc) is 2.32. The van der Waals surface area contributed by atoms with Crippen molar-refractivity contribution in [3.8, 4) is 0 Å². The molecule has 0 saturated heterocycles. The maximum Gasteiger partial charge on any atom is 0.339 e. The largest absolute Gasteiger partial charge is 0.398 e. The van der Waals surface area contributed by atoms with Crippen molar-refractivity contribution in [1.82, 2.24) is 14.8 Å². The number of anilines is 1. The van der Waals surface area contributed by atoms with Crippen LogP contribution in [0.2, 0.25) is 5.02 Å². The fraction of sp³-hybridized carbons (Fsp3) is 0.100. The molecule has 0 radical (unpaired) electrons. The Bertz CT molecular complexity index is 758. The van der Waals surface area contributed by atoms with Crippen LogP contribution < -0.4 is 16.9 Å². The summed E-state index contributed by atoms with van der Waals surface area (Å²) in [5.41, 5.74) is 4.19. The fourth-order valence-corrected chi connectivity index (χ4v) is 2.30. The van der Waals surface area contributed by atoms with Crippen molar-refractivity contribution in [2.45, 2.75) is 10.1 Å². The minimum Gasteiger partial charge on any atom is -0.398 e. The molecular formula is C10H8ClFN4O2S. The first-order chi connectivity index (χ1) is 8.88. The Labute approximate surface area is 115 Å². The molecule has 1 aromatic heterocycles. The van der Waals surface area contributed by atoms with E-state index in [0.29, 0.717) is 4.90 Å². The van der Waals surface area contributed by atoms with Crippen LogP contribution in [0.5, 0.6) is 0 Å². The molecule has 2 aromatic rings. The van der Waals surface area contributed by atoms with E-state index in [2.05, 4.69) is 10.1 Å². The van der Waals surface area contributed by atoms with Crippen molar-refractivity contribution >= 4 is 29.1 Å². The van der Waals surface area contributed by atoms with Crippen LogP contribution in [0.4, 0.5) is 10.1 Å². The molecule has 0 spiro atoms. The van der Waals surface area contributed by atoms with Crippen LogP contribution in [0.15, 0.2) is 31.8 Å². The molecule has 1 heterocycles. The van der Waals surface area contributed by atoms with Crippen LogP contribution in [0, 0.1) is 5.82 Å². The second-order valence-corrected chi connectivity index (χ2v) is 5.02. The van der Waals surface area contributed by atoms with Crippen molar-refractivity contribution in [2.75, 3.05) is 5.73 Å². The molecule has 1 aromatic carbocycles. The van der Waals surface area contributed by atoms with E-state index >= 15 is 0 Å². The minimum atomic E-state index is -0.923. The Morgan fingerprint density at radius 1 is 1.47 bits per heavy atom. The molecule has 0 amide bonds. The number of nitrogens with two attached hydrogens (primary N) is 1. The maximum absolute atomic E-state index is 13.4. The van der Waals surface area contributed by atoms with Gasteiger partial charge >= 0.3 is 11.1 Å². The number of aromatic amines is 1. The summed E-state index contributed by atoms with van der Waals surface area (Å²) in [7, 11) is 1.50. The van der Waals surface area contributed by atoms with Gasteiger partial charge in [0.1, 0.15) is 5.82 Å². The molecule has 19 heavy (non-hydrogen) atoms. The molecule has 6 nitrogen and oxygen atoms in total. The molecule has 2 rings (SSSR count). The summed E-state index contributed by atoms with van der Waals surface area (Å²) in [5, 5.41) is 2.36. The van der Waals surface area contributed by atoms with Gasteiger partial charge in [-0.2, -0.15) is 4.98 Å². The van der Waals surface area contributed by atoms with E-state index in [4.69, 9.17) is 17.3 Å².